The molecule has 0 aliphatic rings. The zero-order chi connectivity index (χ0) is 14.0. The van der Waals surface area contributed by atoms with Gasteiger partial charge in [-0.1, -0.05) is 40.9 Å². The monoisotopic (exact) mass is 315 g/mol. The lowest BCUT2D eigenvalue weighted by molar-refractivity contribution is -0.136. The third-order valence-electron chi connectivity index (χ3n) is 2.43. The van der Waals surface area contributed by atoms with Crippen LogP contribution in [0.25, 0.3) is 11.3 Å². The van der Waals surface area contributed by atoms with Gasteiger partial charge in [0.15, 0.2) is 0 Å². The molecular formula is C13H8Cl3NO2. The van der Waals surface area contributed by atoms with E-state index in [0.717, 1.165) is 0 Å². The number of carbonyl (C=O) groups is 1. The van der Waals surface area contributed by atoms with E-state index in [0.29, 0.717) is 32.0 Å². The normalized spacial score (nSPS) is 10.5. The van der Waals surface area contributed by atoms with Gasteiger partial charge in [-0.25, -0.2) is 0 Å². The molecule has 2 rings (SSSR count). The Hall–Kier alpha value is -1.29. The summed E-state index contributed by atoms with van der Waals surface area (Å²) >= 11 is 17.9. The Morgan fingerprint density at radius 1 is 1.05 bits per heavy atom. The molecule has 0 aliphatic heterocycles. The summed E-state index contributed by atoms with van der Waals surface area (Å²) in [6.45, 7) is 0. The number of carboxylic acid groups (broad SMARTS) is 1. The molecule has 19 heavy (non-hydrogen) atoms. The number of hydrogen-bond acceptors (Lipinski definition) is 2. The van der Waals surface area contributed by atoms with Gasteiger partial charge >= 0.3 is 5.97 Å². The Morgan fingerprint density at radius 3 is 2.37 bits per heavy atom. The van der Waals surface area contributed by atoms with Gasteiger partial charge in [0.2, 0.25) is 0 Å². The predicted molar refractivity (Wildman–Crippen MR) is 76.0 cm³/mol. The number of pyridine rings is 1. The van der Waals surface area contributed by atoms with Crippen molar-refractivity contribution < 1.29 is 9.90 Å². The van der Waals surface area contributed by atoms with Crippen molar-refractivity contribution >= 4 is 40.8 Å². The Balaban J connectivity index is 2.48. The average molecular weight is 317 g/mol. The summed E-state index contributed by atoms with van der Waals surface area (Å²) in [6, 6.07) is 8.21. The summed E-state index contributed by atoms with van der Waals surface area (Å²) in [5, 5.41) is 10.0. The van der Waals surface area contributed by atoms with Gasteiger partial charge in [0.25, 0.3) is 0 Å². The second-order valence-corrected chi connectivity index (χ2v) is 5.05. The number of benzene rings is 1. The van der Waals surface area contributed by atoms with E-state index >= 15 is 0 Å². The van der Waals surface area contributed by atoms with Crippen molar-refractivity contribution in [2.75, 3.05) is 0 Å². The van der Waals surface area contributed by atoms with Crippen molar-refractivity contribution in [3.63, 3.8) is 0 Å². The Bertz CT molecular complexity index is 644. The molecular weight excluding hydrogens is 309 g/mol. The quantitative estimate of drug-likeness (QED) is 0.916. The summed E-state index contributed by atoms with van der Waals surface area (Å²) in [4.78, 5) is 14.9. The Labute approximate surface area is 124 Å². The van der Waals surface area contributed by atoms with Crippen molar-refractivity contribution in [2.45, 2.75) is 6.42 Å². The highest BCUT2D eigenvalue weighted by molar-refractivity contribution is 6.42. The molecule has 0 fully saturated rings. The number of nitrogens with zero attached hydrogens (tertiary/aromatic N) is 1. The zero-order valence-corrected chi connectivity index (χ0v) is 11.8. The maximum Gasteiger partial charge on any atom is 0.309 e. The first-order valence-electron chi connectivity index (χ1n) is 5.30. The topological polar surface area (TPSA) is 50.2 Å². The summed E-state index contributed by atoms with van der Waals surface area (Å²) in [7, 11) is 0. The van der Waals surface area contributed by atoms with Crippen LogP contribution >= 0.6 is 34.8 Å². The molecule has 0 aliphatic carbocycles. The van der Waals surface area contributed by atoms with E-state index in [1.807, 2.05) is 0 Å². The molecule has 0 atom stereocenters. The SMILES string of the molecule is O=C(O)Cc1ccc(Cl)c(-c2ccc(Cl)c(Cl)c2)n1. The van der Waals surface area contributed by atoms with E-state index in [1.54, 1.807) is 30.3 Å². The largest absolute Gasteiger partial charge is 0.481 e. The second kappa shape index (κ2) is 5.78. The van der Waals surface area contributed by atoms with Crippen LogP contribution in [0.1, 0.15) is 5.69 Å². The van der Waals surface area contributed by atoms with Crippen LogP contribution in [0, 0.1) is 0 Å². The number of hydrogen-bond donors (Lipinski definition) is 1. The lowest BCUT2D eigenvalue weighted by atomic mass is 10.1. The molecule has 98 valence electrons. The van der Waals surface area contributed by atoms with E-state index < -0.39 is 5.97 Å². The molecule has 0 amide bonds. The van der Waals surface area contributed by atoms with Crippen LogP contribution in [0.5, 0.6) is 0 Å². The van der Waals surface area contributed by atoms with Gasteiger partial charge in [0, 0.05) is 5.56 Å². The van der Waals surface area contributed by atoms with Crippen LogP contribution in [0.3, 0.4) is 0 Å². The van der Waals surface area contributed by atoms with E-state index in [2.05, 4.69) is 4.98 Å². The third-order valence-corrected chi connectivity index (χ3v) is 3.47. The maximum absolute atomic E-state index is 10.7. The van der Waals surface area contributed by atoms with E-state index in [4.69, 9.17) is 39.9 Å². The number of carboxylic acids is 1. The standard InChI is InChI=1S/C13H8Cl3NO2/c14-9-3-1-7(5-11(9)16)13-10(15)4-2-8(17-13)6-12(18)19/h1-5H,6H2,(H,18,19). The van der Waals surface area contributed by atoms with Crippen molar-refractivity contribution in [3.05, 3.63) is 51.1 Å². The second-order valence-electron chi connectivity index (χ2n) is 3.83. The van der Waals surface area contributed by atoms with Crippen molar-refractivity contribution in [2.24, 2.45) is 0 Å². The molecule has 1 N–H and O–H groups in total. The van der Waals surface area contributed by atoms with Gasteiger partial charge in [0.1, 0.15) is 0 Å². The third kappa shape index (κ3) is 3.38. The molecule has 0 bridgehead atoms. The Morgan fingerprint density at radius 2 is 1.74 bits per heavy atom. The summed E-state index contributed by atoms with van der Waals surface area (Å²) in [5.74, 6) is -0.949. The van der Waals surface area contributed by atoms with Crippen LogP contribution in [0.15, 0.2) is 30.3 Å². The van der Waals surface area contributed by atoms with Gasteiger partial charge in [-0.2, -0.15) is 0 Å². The highest BCUT2D eigenvalue weighted by Gasteiger charge is 2.10. The van der Waals surface area contributed by atoms with E-state index in [-0.39, 0.29) is 6.42 Å². The first-order valence-corrected chi connectivity index (χ1v) is 6.43. The average Bonchev–Trinajstić information content (AvgIpc) is 2.34. The molecule has 1 heterocycles. The minimum absolute atomic E-state index is 0.161. The number of halogens is 3. The lowest BCUT2D eigenvalue weighted by Gasteiger charge is -2.07. The summed E-state index contributed by atoms with van der Waals surface area (Å²) in [6.07, 6.45) is -0.161. The number of rotatable bonds is 3. The van der Waals surface area contributed by atoms with Gasteiger partial charge in [-0.15, -0.1) is 0 Å². The van der Waals surface area contributed by atoms with Gasteiger partial charge < -0.3 is 5.11 Å². The van der Waals surface area contributed by atoms with Gasteiger partial charge in [-0.05, 0) is 24.3 Å². The molecule has 0 radical (unpaired) electrons. The molecule has 0 saturated carbocycles. The lowest BCUT2D eigenvalue weighted by Crippen LogP contribution is -2.03. The number of aromatic nitrogens is 1. The van der Waals surface area contributed by atoms with Crippen molar-refractivity contribution in [1.29, 1.82) is 0 Å². The van der Waals surface area contributed by atoms with Gasteiger partial charge in [-0.3, -0.25) is 9.78 Å². The minimum atomic E-state index is -0.949. The van der Waals surface area contributed by atoms with Crippen LogP contribution in [0.4, 0.5) is 0 Å². The van der Waals surface area contributed by atoms with E-state index in [9.17, 15) is 4.79 Å². The molecule has 6 heteroatoms. The van der Waals surface area contributed by atoms with Crippen molar-refractivity contribution in [3.8, 4) is 11.3 Å². The molecule has 0 unspecified atom stereocenters. The summed E-state index contributed by atoms with van der Waals surface area (Å²) < 4.78 is 0. The van der Waals surface area contributed by atoms with Crippen LogP contribution in [-0.2, 0) is 11.2 Å². The van der Waals surface area contributed by atoms with Gasteiger partial charge in [0.05, 0.1) is 32.9 Å². The smallest absolute Gasteiger partial charge is 0.309 e. The fraction of sp³-hybridized carbons (Fsp3) is 0.0769. The molecule has 3 nitrogen and oxygen atoms in total. The summed E-state index contributed by atoms with van der Waals surface area (Å²) in [5.41, 5.74) is 1.60. The molecule has 1 aromatic heterocycles. The molecule has 2 aromatic rings. The predicted octanol–water partition coefficient (Wildman–Crippen LogP) is 4.34. The minimum Gasteiger partial charge on any atom is -0.481 e. The fourth-order valence-electron chi connectivity index (χ4n) is 1.58. The van der Waals surface area contributed by atoms with Crippen LogP contribution in [-0.4, -0.2) is 16.1 Å². The first kappa shape index (κ1) is 14.1. The molecule has 0 spiro atoms. The van der Waals surface area contributed by atoms with Crippen LogP contribution < -0.4 is 0 Å². The first-order chi connectivity index (χ1) is 8.97. The molecule has 0 saturated heterocycles. The maximum atomic E-state index is 10.7. The van der Waals surface area contributed by atoms with Crippen molar-refractivity contribution in [1.82, 2.24) is 4.98 Å². The molecule has 1 aromatic carbocycles. The number of aliphatic carboxylic acids is 1. The van der Waals surface area contributed by atoms with E-state index in [1.165, 1.54) is 0 Å². The fourth-order valence-corrected chi connectivity index (χ4v) is 2.09. The highest BCUT2D eigenvalue weighted by Crippen LogP contribution is 2.31. The highest BCUT2D eigenvalue weighted by atomic mass is 35.5. The van der Waals surface area contributed by atoms with Crippen LogP contribution in [0.2, 0.25) is 15.1 Å². The zero-order valence-electron chi connectivity index (χ0n) is 9.53. The Kier molecular flexibility index (Phi) is 4.30.